The van der Waals surface area contributed by atoms with Crippen LogP contribution in [0.1, 0.15) is 147 Å². The molecule has 0 saturated heterocycles. The van der Waals surface area contributed by atoms with E-state index in [9.17, 15) is 14.4 Å². The van der Waals surface area contributed by atoms with Crippen LogP contribution in [-0.2, 0) is 38.8 Å². The molecule has 15 rings (SSSR count). The van der Waals surface area contributed by atoms with E-state index < -0.39 is 0 Å². The monoisotopic (exact) mass is 1490 g/mol. The van der Waals surface area contributed by atoms with Crippen LogP contribution in [0.25, 0.3) is 71.3 Å². The molecular weight excluding hydrogens is 1410 g/mol. The minimum atomic E-state index is -0.0996. The van der Waals surface area contributed by atoms with Crippen molar-refractivity contribution in [2.75, 3.05) is 0 Å². The predicted molar refractivity (Wildman–Crippen MR) is 443 cm³/mol. The number of aromatic nitrogens is 6. The number of carbonyl (C=O) groups excluding carboxylic acids is 7. The second-order valence-corrected chi connectivity index (χ2v) is 27.4. The summed E-state index contributed by atoms with van der Waals surface area (Å²) >= 11 is 0. The lowest BCUT2D eigenvalue weighted by atomic mass is 9.98. The number of hydrogen-bond donors (Lipinski definition) is 3. The molecule has 0 radical (unpaired) electrons. The van der Waals surface area contributed by atoms with Gasteiger partial charge in [0.2, 0.25) is 0 Å². The van der Waals surface area contributed by atoms with Crippen LogP contribution in [0, 0.1) is 13.5 Å². The molecule has 17 nitrogen and oxygen atoms in total. The molecule has 2 unspecified atom stereocenters. The SMILES string of the molecule is CCC(NC(=O)c1ccc2c(c1)ncn2Cc1ccc(-c2ccccc2)cc1)c1ccccc1.Cc1nc2cc(C(=O)N[C@@H](C)c3cccc(C(C)C)c3)ccc2n1Cc1ccc(-c2ccccc2)cc1.O=C=O.O=C=O.[C-]#[N+]c1ccccc1-c1ccc(Cn2cnc3cc(C(=O)NC(CC)c4ccccc4)ccc32)cc1. The third-order valence-corrected chi connectivity index (χ3v) is 19.7. The smallest absolute Gasteiger partial charge is 0.346 e. The zero-order valence-corrected chi connectivity index (χ0v) is 63.8. The summed E-state index contributed by atoms with van der Waals surface area (Å²) in [4.78, 5) is 89.0. The van der Waals surface area contributed by atoms with E-state index in [0.717, 1.165) is 98.2 Å². The van der Waals surface area contributed by atoms with Gasteiger partial charge >= 0.3 is 12.3 Å². The number of hydrogen-bond acceptors (Lipinski definition) is 10. The van der Waals surface area contributed by atoms with E-state index in [1.54, 1.807) is 0 Å². The van der Waals surface area contributed by atoms with E-state index in [-0.39, 0.29) is 48.2 Å². The zero-order chi connectivity index (χ0) is 79.6. The molecular formula is C96H86N10O7. The predicted octanol–water partition coefficient (Wildman–Crippen LogP) is 20.3. The third-order valence-electron chi connectivity index (χ3n) is 19.7. The van der Waals surface area contributed by atoms with Gasteiger partial charge in [0.15, 0.2) is 5.69 Å². The minimum Gasteiger partial charge on any atom is -0.346 e. The molecule has 3 aromatic heterocycles. The van der Waals surface area contributed by atoms with Crippen LogP contribution in [0.3, 0.4) is 0 Å². The molecule has 3 amide bonds. The summed E-state index contributed by atoms with van der Waals surface area (Å²) in [7, 11) is 0. The number of imidazole rings is 3. The lowest BCUT2D eigenvalue weighted by Gasteiger charge is -2.17. The summed E-state index contributed by atoms with van der Waals surface area (Å²) in [5.41, 5.74) is 22.9. The molecule has 3 N–H and O–H groups in total. The first-order valence-electron chi connectivity index (χ1n) is 37.4. The molecule has 17 heteroatoms. The number of para-hydroxylation sites is 1. The summed E-state index contributed by atoms with van der Waals surface area (Å²) in [5.74, 6) is 1.11. The Labute approximate surface area is 657 Å². The molecule has 0 aliphatic carbocycles. The number of fused-ring (bicyclic) bond motifs is 3. The van der Waals surface area contributed by atoms with Crippen molar-refractivity contribution in [1.29, 1.82) is 0 Å². The summed E-state index contributed by atoms with van der Waals surface area (Å²) in [5, 5.41) is 9.45. The number of rotatable bonds is 21. The first-order valence-corrected chi connectivity index (χ1v) is 37.4. The van der Waals surface area contributed by atoms with Crippen LogP contribution in [0.4, 0.5) is 5.69 Å². The minimum absolute atomic E-state index is 0.0131. The number of benzene rings is 12. The Morgan fingerprint density at radius 2 is 0.770 bits per heavy atom. The molecule has 3 atom stereocenters. The van der Waals surface area contributed by atoms with Gasteiger partial charge in [-0.2, -0.15) is 19.2 Å². The van der Waals surface area contributed by atoms with Gasteiger partial charge < -0.3 is 29.7 Å². The maximum absolute atomic E-state index is 13.1. The van der Waals surface area contributed by atoms with Crippen LogP contribution in [0.15, 0.2) is 310 Å². The number of carbonyl (C=O) groups is 3. The van der Waals surface area contributed by atoms with Crippen molar-refractivity contribution in [3.05, 3.63) is 383 Å². The highest BCUT2D eigenvalue weighted by atomic mass is 16.2. The second-order valence-electron chi connectivity index (χ2n) is 27.4. The van der Waals surface area contributed by atoms with Crippen LogP contribution in [-0.4, -0.2) is 58.7 Å². The fraction of sp³-hybridized carbons (Fsp3) is 0.156. The van der Waals surface area contributed by atoms with Crippen molar-refractivity contribution in [2.45, 2.75) is 98.1 Å². The highest BCUT2D eigenvalue weighted by molar-refractivity contribution is 5.99. The van der Waals surface area contributed by atoms with Crippen molar-refractivity contribution in [1.82, 2.24) is 44.6 Å². The Balaban J connectivity index is 0.000000162. The van der Waals surface area contributed by atoms with Gasteiger partial charge in [-0.3, -0.25) is 14.4 Å². The van der Waals surface area contributed by atoms with Gasteiger partial charge in [0, 0.05) is 36.3 Å². The highest BCUT2D eigenvalue weighted by Crippen LogP contribution is 2.32. The van der Waals surface area contributed by atoms with E-state index in [2.05, 4.69) is 218 Å². The van der Waals surface area contributed by atoms with E-state index >= 15 is 0 Å². The van der Waals surface area contributed by atoms with Crippen molar-refractivity contribution in [3.8, 4) is 33.4 Å². The maximum Gasteiger partial charge on any atom is 0.373 e. The van der Waals surface area contributed by atoms with E-state index in [1.807, 2.05) is 178 Å². The topological polar surface area (TPSA) is 213 Å². The van der Waals surface area contributed by atoms with Gasteiger partial charge in [0.1, 0.15) is 5.82 Å². The van der Waals surface area contributed by atoms with Crippen LogP contribution < -0.4 is 16.0 Å². The number of nitrogens with zero attached hydrogens (tertiary/aromatic N) is 7. The molecule has 0 spiro atoms. The van der Waals surface area contributed by atoms with Crippen molar-refractivity contribution in [3.63, 3.8) is 0 Å². The highest BCUT2D eigenvalue weighted by Gasteiger charge is 2.20. The molecule has 12 aromatic carbocycles. The number of amides is 3. The Morgan fingerprint density at radius 3 is 1.21 bits per heavy atom. The van der Waals surface area contributed by atoms with Gasteiger partial charge in [-0.05, 0) is 160 Å². The van der Waals surface area contributed by atoms with Gasteiger partial charge in [-0.1, -0.05) is 270 Å². The molecule has 562 valence electrons. The zero-order valence-electron chi connectivity index (χ0n) is 63.8. The summed E-state index contributed by atoms with van der Waals surface area (Å²) in [6.07, 6.45) is 5.80. The first kappa shape index (κ1) is 79.7. The standard InChI is InChI=1S/C33H33N3O.C31H26N4O.C30H27N3O.2CO2/c1-22(2)28-11-8-12-29(19-28)23(3)34-33(37)30-17-18-32-31(20-30)35-24(4)36(32)21-25-13-15-27(16-14-25)26-9-6-5-7-10-26;1-3-27(24-9-5-4-6-10-24)34-31(36)25-17-18-30-29(19-25)33-21-35(30)20-22-13-15-23(16-14-22)26-11-7-8-12-28(26)32-2;1-2-27(25-11-7-4-8-12-25)32-30(34)26-17-18-29-28(19-26)31-21-33(29)20-22-13-15-24(16-14-22)23-9-5-3-6-10-23;2*2-1-3/h5-20,22-23H,21H2,1-4H3,(H,34,37);4-19,21,27H,3,20H2,1H3,(H,34,36);3-19,21,27H,2,20H2,1H3,(H,32,34);;/t23-;;;;/m0..../s1. The fourth-order valence-corrected chi connectivity index (χ4v) is 13.5. The summed E-state index contributed by atoms with van der Waals surface area (Å²) < 4.78 is 6.40. The van der Waals surface area contributed by atoms with Gasteiger partial charge in [0.25, 0.3) is 17.7 Å². The van der Waals surface area contributed by atoms with Gasteiger partial charge in [-0.15, -0.1) is 0 Å². The Bertz CT molecular complexity index is 5790. The normalized spacial score (nSPS) is 11.4. The van der Waals surface area contributed by atoms with Crippen LogP contribution >= 0.6 is 0 Å². The molecule has 0 aliphatic rings. The van der Waals surface area contributed by atoms with Crippen molar-refractivity contribution in [2.24, 2.45) is 0 Å². The fourth-order valence-electron chi connectivity index (χ4n) is 13.5. The van der Waals surface area contributed by atoms with Crippen molar-refractivity contribution < 1.29 is 33.6 Å². The molecule has 3 heterocycles. The average molecular weight is 1490 g/mol. The molecule has 15 aromatic rings. The lowest BCUT2D eigenvalue weighted by molar-refractivity contribution is -0.193. The van der Waals surface area contributed by atoms with E-state index in [0.29, 0.717) is 34.8 Å². The van der Waals surface area contributed by atoms with Gasteiger partial charge in [0.05, 0.1) is 70.5 Å². The molecule has 0 fully saturated rings. The lowest BCUT2D eigenvalue weighted by Crippen LogP contribution is -2.28. The summed E-state index contributed by atoms with van der Waals surface area (Å²) in [6.45, 7) is 22.1. The Hall–Kier alpha value is -14.3. The van der Waals surface area contributed by atoms with Crippen molar-refractivity contribution >= 4 is 68.8 Å². The average Bonchev–Trinajstić information content (AvgIpc) is 1.66. The molecule has 0 bridgehead atoms. The first-order chi connectivity index (χ1) is 55.1. The molecule has 0 aliphatic heterocycles. The summed E-state index contributed by atoms with van der Waals surface area (Å²) in [6, 6.07) is 99.6. The van der Waals surface area contributed by atoms with Gasteiger partial charge in [-0.25, -0.2) is 19.8 Å². The molecule has 113 heavy (non-hydrogen) atoms. The quantitative estimate of drug-likeness (QED) is 0.0579. The van der Waals surface area contributed by atoms with Crippen LogP contribution in [0.5, 0.6) is 0 Å². The maximum atomic E-state index is 13.1. The van der Waals surface area contributed by atoms with Crippen LogP contribution in [0.2, 0.25) is 0 Å². The third kappa shape index (κ3) is 20.7. The number of aryl methyl sites for hydroxylation is 1. The Morgan fingerprint density at radius 1 is 0.398 bits per heavy atom. The van der Waals surface area contributed by atoms with E-state index in [4.69, 9.17) is 30.7 Å². The van der Waals surface area contributed by atoms with E-state index in [1.165, 1.54) is 38.9 Å². The Kier molecular flexibility index (Phi) is 27.7. The molecule has 0 saturated carbocycles. The number of nitrogens with one attached hydrogen (secondary N) is 3. The largest absolute Gasteiger partial charge is 0.373 e. The second kappa shape index (κ2) is 39.2.